The Hall–Kier alpha value is -1.16. The molecule has 0 radical (unpaired) electrons. The second kappa shape index (κ2) is 8.01. The van der Waals surface area contributed by atoms with Gasteiger partial charge in [0, 0.05) is 18.4 Å². The fourth-order valence-corrected chi connectivity index (χ4v) is 1.83. The van der Waals surface area contributed by atoms with Crippen molar-refractivity contribution >= 4 is 5.95 Å². The molecule has 0 saturated heterocycles. The predicted octanol–water partition coefficient (Wildman–Crippen LogP) is 2.40. The van der Waals surface area contributed by atoms with Crippen molar-refractivity contribution in [1.29, 1.82) is 0 Å². The Kier molecular flexibility index (Phi) is 6.55. The van der Waals surface area contributed by atoms with E-state index in [1.54, 1.807) is 12.4 Å². The fourth-order valence-electron chi connectivity index (χ4n) is 1.83. The minimum absolute atomic E-state index is 0.424. The molecule has 0 amide bonds. The SMILES string of the molecule is CCN(CC)CCCC(C)Nc1ncccn1. The van der Waals surface area contributed by atoms with Crippen LogP contribution in [0.1, 0.15) is 33.6 Å². The maximum absolute atomic E-state index is 4.16. The molecule has 0 aliphatic carbocycles. The van der Waals surface area contributed by atoms with Crippen molar-refractivity contribution in [3.05, 3.63) is 18.5 Å². The first-order valence-corrected chi connectivity index (χ1v) is 6.52. The number of hydrogen-bond donors (Lipinski definition) is 1. The van der Waals surface area contributed by atoms with Crippen molar-refractivity contribution < 1.29 is 0 Å². The second-order valence-electron chi connectivity index (χ2n) is 4.29. The standard InChI is InChI=1S/C13H24N4/c1-4-17(5-2)11-6-8-12(3)16-13-14-9-7-10-15-13/h7,9-10,12H,4-6,8,11H2,1-3H3,(H,14,15,16). The molecule has 1 unspecified atom stereocenters. The first kappa shape index (κ1) is 13.9. The third kappa shape index (κ3) is 5.63. The first-order valence-electron chi connectivity index (χ1n) is 6.52. The molecule has 0 spiro atoms. The molecule has 1 heterocycles. The van der Waals surface area contributed by atoms with Crippen molar-refractivity contribution in [2.45, 2.75) is 39.7 Å². The lowest BCUT2D eigenvalue weighted by Crippen LogP contribution is -2.25. The zero-order valence-electron chi connectivity index (χ0n) is 11.2. The fraction of sp³-hybridized carbons (Fsp3) is 0.692. The van der Waals surface area contributed by atoms with Crippen molar-refractivity contribution in [3.8, 4) is 0 Å². The maximum Gasteiger partial charge on any atom is 0.222 e. The van der Waals surface area contributed by atoms with E-state index in [0.717, 1.165) is 25.5 Å². The number of nitrogens with one attached hydrogen (secondary N) is 1. The summed E-state index contributed by atoms with van der Waals surface area (Å²) in [6, 6.07) is 2.25. The van der Waals surface area contributed by atoms with Gasteiger partial charge in [0.25, 0.3) is 0 Å². The Labute approximate surface area is 104 Å². The molecule has 1 aromatic rings. The Balaban J connectivity index is 2.19. The van der Waals surface area contributed by atoms with E-state index in [4.69, 9.17) is 0 Å². The van der Waals surface area contributed by atoms with E-state index >= 15 is 0 Å². The third-order valence-corrected chi connectivity index (χ3v) is 2.95. The highest BCUT2D eigenvalue weighted by Gasteiger charge is 2.04. The number of anilines is 1. The summed E-state index contributed by atoms with van der Waals surface area (Å²) in [6.07, 6.45) is 5.88. The van der Waals surface area contributed by atoms with Gasteiger partial charge in [-0.15, -0.1) is 0 Å². The van der Waals surface area contributed by atoms with Crippen LogP contribution in [0.25, 0.3) is 0 Å². The molecule has 0 fully saturated rings. The van der Waals surface area contributed by atoms with E-state index in [2.05, 4.69) is 41.0 Å². The van der Waals surface area contributed by atoms with E-state index in [-0.39, 0.29) is 0 Å². The highest BCUT2D eigenvalue weighted by atomic mass is 15.1. The molecule has 0 bridgehead atoms. The molecule has 4 nitrogen and oxygen atoms in total. The molecule has 17 heavy (non-hydrogen) atoms. The molecule has 1 rings (SSSR count). The molecule has 0 aliphatic rings. The van der Waals surface area contributed by atoms with Crippen LogP contribution in [0, 0.1) is 0 Å². The van der Waals surface area contributed by atoms with Crippen LogP contribution in [-0.4, -0.2) is 40.5 Å². The molecule has 1 atom stereocenters. The monoisotopic (exact) mass is 236 g/mol. The van der Waals surface area contributed by atoms with E-state index in [1.165, 1.54) is 13.0 Å². The van der Waals surface area contributed by atoms with Crippen molar-refractivity contribution in [2.24, 2.45) is 0 Å². The van der Waals surface area contributed by atoms with Crippen LogP contribution >= 0.6 is 0 Å². The maximum atomic E-state index is 4.16. The van der Waals surface area contributed by atoms with Crippen LogP contribution in [0.2, 0.25) is 0 Å². The summed E-state index contributed by atoms with van der Waals surface area (Å²) < 4.78 is 0. The van der Waals surface area contributed by atoms with Crippen LogP contribution < -0.4 is 5.32 Å². The summed E-state index contributed by atoms with van der Waals surface area (Å²) in [5.74, 6) is 0.725. The second-order valence-corrected chi connectivity index (χ2v) is 4.29. The smallest absolute Gasteiger partial charge is 0.222 e. The molecule has 96 valence electrons. The molecular weight excluding hydrogens is 212 g/mol. The van der Waals surface area contributed by atoms with E-state index < -0.39 is 0 Å². The van der Waals surface area contributed by atoms with E-state index in [0.29, 0.717) is 6.04 Å². The first-order chi connectivity index (χ1) is 8.26. The molecule has 1 aromatic heterocycles. The van der Waals surface area contributed by atoms with Crippen LogP contribution in [0.5, 0.6) is 0 Å². The summed E-state index contributed by atoms with van der Waals surface area (Å²) in [6.45, 7) is 10.1. The molecule has 0 aliphatic heterocycles. The molecule has 0 saturated carbocycles. The number of rotatable bonds is 8. The van der Waals surface area contributed by atoms with Crippen molar-refractivity contribution in [3.63, 3.8) is 0 Å². The lowest BCUT2D eigenvalue weighted by Gasteiger charge is -2.19. The zero-order chi connectivity index (χ0) is 12.5. The predicted molar refractivity (Wildman–Crippen MR) is 72.1 cm³/mol. The number of hydrogen-bond acceptors (Lipinski definition) is 4. The summed E-state index contributed by atoms with van der Waals surface area (Å²) >= 11 is 0. The van der Waals surface area contributed by atoms with Crippen LogP contribution in [0.15, 0.2) is 18.5 Å². The minimum Gasteiger partial charge on any atom is -0.352 e. The van der Waals surface area contributed by atoms with Gasteiger partial charge >= 0.3 is 0 Å². The summed E-state index contributed by atoms with van der Waals surface area (Å²) in [5.41, 5.74) is 0. The summed E-state index contributed by atoms with van der Waals surface area (Å²) in [7, 11) is 0. The van der Waals surface area contributed by atoms with Gasteiger partial charge < -0.3 is 10.2 Å². The molecule has 1 N–H and O–H groups in total. The largest absolute Gasteiger partial charge is 0.352 e. The molecule has 4 heteroatoms. The quantitative estimate of drug-likeness (QED) is 0.752. The van der Waals surface area contributed by atoms with Crippen LogP contribution in [0.4, 0.5) is 5.95 Å². The van der Waals surface area contributed by atoms with E-state index in [1.807, 2.05) is 6.07 Å². The van der Waals surface area contributed by atoms with E-state index in [9.17, 15) is 0 Å². The van der Waals surface area contributed by atoms with Gasteiger partial charge in [0.1, 0.15) is 0 Å². The van der Waals surface area contributed by atoms with Gasteiger partial charge in [-0.2, -0.15) is 0 Å². The number of nitrogens with zero attached hydrogens (tertiary/aromatic N) is 3. The minimum atomic E-state index is 0.424. The lowest BCUT2D eigenvalue weighted by molar-refractivity contribution is 0.295. The number of aromatic nitrogens is 2. The van der Waals surface area contributed by atoms with Gasteiger partial charge in [-0.1, -0.05) is 13.8 Å². The van der Waals surface area contributed by atoms with Gasteiger partial charge in [0.2, 0.25) is 5.95 Å². The van der Waals surface area contributed by atoms with Gasteiger partial charge in [-0.25, -0.2) is 9.97 Å². The Morgan fingerprint density at radius 3 is 2.47 bits per heavy atom. The topological polar surface area (TPSA) is 41.0 Å². The highest BCUT2D eigenvalue weighted by molar-refractivity contribution is 5.23. The molecular formula is C13H24N4. The highest BCUT2D eigenvalue weighted by Crippen LogP contribution is 2.04. The van der Waals surface area contributed by atoms with Crippen LogP contribution in [-0.2, 0) is 0 Å². The Morgan fingerprint density at radius 2 is 1.88 bits per heavy atom. The Bertz CT molecular complexity index is 285. The Morgan fingerprint density at radius 1 is 1.24 bits per heavy atom. The summed E-state index contributed by atoms with van der Waals surface area (Å²) in [5, 5.41) is 3.31. The molecule has 0 aromatic carbocycles. The lowest BCUT2D eigenvalue weighted by atomic mass is 10.2. The summed E-state index contributed by atoms with van der Waals surface area (Å²) in [4.78, 5) is 10.8. The zero-order valence-corrected chi connectivity index (χ0v) is 11.2. The average molecular weight is 236 g/mol. The van der Waals surface area contributed by atoms with Gasteiger partial charge in [-0.05, 0) is 45.5 Å². The van der Waals surface area contributed by atoms with Crippen LogP contribution in [0.3, 0.4) is 0 Å². The van der Waals surface area contributed by atoms with Gasteiger partial charge in [0.05, 0.1) is 0 Å². The van der Waals surface area contributed by atoms with Crippen molar-refractivity contribution in [1.82, 2.24) is 14.9 Å². The van der Waals surface area contributed by atoms with Gasteiger partial charge in [-0.3, -0.25) is 0 Å². The average Bonchev–Trinajstić information content (AvgIpc) is 2.36. The normalized spacial score (nSPS) is 12.7. The van der Waals surface area contributed by atoms with Gasteiger partial charge in [0.15, 0.2) is 0 Å². The third-order valence-electron chi connectivity index (χ3n) is 2.95. The van der Waals surface area contributed by atoms with Crippen molar-refractivity contribution in [2.75, 3.05) is 25.0 Å².